The van der Waals surface area contributed by atoms with Gasteiger partial charge in [0.1, 0.15) is 4.99 Å². The second-order valence-electron chi connectivity index (χ2n) is 4.13. The first-order valence-electron chi connectivity index (χ1n) is 5.35. The van der Waals surface area contributed by atoms with Crippen molar-refractivity contribution >= 4 is 28.8 Å². The first-order valence-corrected chi connectivity index (χ1v) is 5.76. The second-order valence-corrected chi connectivity index (χ2v) is 4.57. The van der Waals surface area contributed by atoms with E-state index < -0.39 is 0 Å². The van der Waals surface area contributed by atoms with E-state index in [-0.39, 0.29) is 18.4 Å². The molecule has 1 unspecified atom stereocenters. The van der Waals surface area contributed by atoms with Crippen LogP contribution in [-0.4, -0.2) is 16.9 Å². The lowest BCUT2D eigenvalue weighted by Crippen LogP contribution is -2.25. The highest BCUT2D eigenvalue weighted by Crippen LogP contribution is 2.19. The Kier molecular flexibility index (Phi) is 4.45. The minimum atomic E-state index is -0.338. The van der Waals surface area contributed by atoms with Crippen molar-refractivity contribution in [3.8, 4) is 0 Å². The smallest absolute Gasteiger partial charge is 0.219 e. The van der Waals surface area contributed by atoms with Crippen LogP contribution in [0.2, 0.25) is 0 Å². The summed E-state index contributed by atoms with van der Waals surface area (Å²) in [5.74, 6) is -0.338. The highest BCUT2D eigenvalue weighted by molar-refractivity contribution is 7.80. The number of benzene rings is 1. The molecule has 1 atom stereocenters. The molecule has 0 fully saturated rings. The average Bonchev–Trinajstić information content (AvgIpc) is 2.15. The van der Waals surface area contributed by atoms with Gasteiger partial charge in [0.25, 0.3) is 0 Å². The number of carbonyl (C=O) groups is 1. The Labute approximate surface area is 106 Å². The molecule has 4 nitrogen and oxygen atoms in total. The number of nitrogens with one attached hydrogen (secondary N) is 1. The number of thiocarbonyl (C=S) groups is 1. The van der Waals surface area contributed by atoms with Crippen molar-refractivity contribution < 1.29 is 4.79 Å². The SMILES string of the molecule is Cc1ccc(C(N)=S)c(NC(C)CC(N)=O)c1. The Morgan fingerprint density at radius 1 is 1.47 bits per heavy atom. The molecule has 0 spiro atoms. The summed E-state index contributed by atoms with van der Waals surface area (Å²) < 4.78 is 0. The molecular weight excluding hydrogens is 234 g/mol. The van der Waals surface area contributed by atoms with Crippen LogP contribution >= 0.6 is 12.2 Å². The fourth-order valence-electron chi connectivity index (χ4n) is 1.61. The van der Waals surface area contributed by atoms with Crippen molar-refractivity contribution in [1.29, 1.82) is 0 Å². The van der Waals surface area contributed by atoms with Gasteiger partial charge in [0.2, 0.25) is 5.91 Å². The highest BCUT2D eigenvalue weighted by atomic mass is 32.1. The molecule has 0 bridgehead atoms. The Balaban J connectivity index is 2.92. The average molecular weight is 251 g/mol. The lowest BCUT2D eigenvalue weighted by atomic mass is 10.1. The molecule has 0 aliphatic rings. The monoisotopic (exact) mass is 251 g/mol. The van der Waals surface area contributed by atoms with Crippen molar-refractivity contribution in [3.63, 3.8) is 0 Å². The zero-order valence-electron chi connectivity index (χ0n) is 9.99. The molecule has 0 aliphatic heterocycles. The van der Waals surface area contributed by atoms with Crippen molar-refractivity contribution in [2.24, 2.45) is 11.5 Å². The molecule has 0 aliphatic carbocycles. The molecule has 0 heterocycles. The van der Waals surface area contributed by atoms with Gasteiger partial charge < -0.3 is 16.8 Å². The Bertz CT molecular complexity index is 445. The highest BCUT2D eigenvalue weighted by Gasteiger charge is 2.10. The third kappa shape index (κ3) is 4.03. The van der Waals surface area contributed by atoms with Crippen LogP contribution in [0.4, 0.5) is 5.69 Å². The van der Waals surface area contributed by atoms with E-state index in [4.69, 9.17) is 23.7 Å². The summed E-state index contributed by atoms with van der Waals surface area (Å²) >= 11 is 4.98. The lowest BCUT2D eigenvalue weighted by molar-refractivity contribution is -0.118. The van der Waals surface area contributed by atoms with E-state index in [0.29, 0.717) is 4.99 Å². The van der Waals surface area contributed by atoms with Crippen molar-refractivity contribution in [1.82, 2.24) is 0 Å². The third-order valence-electron chi connectivity index (χ3n) is 2.35. The van der Waals surface area contributed by atoms with Gasteiger partial charge in [-0.1, -0.05) is 18.3 Å². The van der Waals surface area contributed by atoms with E-state index in [2.05, 4.69) is 5.32 Å². The first kappa shape index (κ1) is 13.4. The maximum atomic E-state index is 10.8. The van der Waals surface area contributed by atoms with Crippen LogP contribution in [0.25, 0.3) is 0 Å². The molecule has 5 N–H and O–H groups in total. The van der Waals surface area contributed by atoms with Gasteiger partial charge in [-0.15, -0.1) is 0 Å². The van der Waals surface area contributed by atoms with E-state index in [1.165, 1.54) is 0 Å². The molecule has 1 rings (SSSR count). The van der Waals surface area contributed by atoms with Gasteiger partial charge in [-0.25, -0.2) is 0 Å². The number of aryl methyl sites for hydroxylation is 1. The van der Waals surface area contributed by atoms with E-state index in [1.54, 1.807) is 0 Å². The first-order chi connectivity index (χ1) is 7.90. The van der Waals surface area contributed by atoms with Gasteiger partial charge in [-0.3, -0.25) is 4.79 Å². The Hall–Kier alpha value is -1.62. The van der Waals surface area contributed by atoms with Crippen LogP contribution < -0.4 is 16.8 Å². The van der Waals surface area contributed by atoms with Crippen LogP contribution in [0.5, 0.6) is 0 Å². The minimum Gasteiger partial charge on any atom is -0.389 e. The molecule has 0 saturated carbocycles. The van der Waals surface area contributed by atoms with E-state index in [9.17, 15) is 4.79 Å². The molecule has 92 valence electrons. The Morgan fingerprint density at radius 2 is 2.12 bits per heavy atom. The zero-order chi connectivity index (χ0) is 13.0. The van der Waals surface area contributed by atoms with Gasteiger partial charge >= 0.3 is 0 Å². The van der Waals surface area contributed by atoms with E-state index in [0.717, 1.165) is 16.8 Å². The second kappa shape index (κ2) is 5.63. The van der Waals surface area contributed by atoms with Gasteiger partial charge in [0, 0.05) is 23.7 Å². The molecule has 1 aromatic carbocycles. The van der Waals surface area contributed by atoms with E-state index >= 15 is 0 Å². The third-order valence-corrected chi connectivity index (χ3v) is 2.57. The molecule has 17 heavy (non-hydrogen) atoms. The number of rotatable bonds is 5. The molecule has 1 amide bonds. The van der Waals surface area contributed by atoms with E-state index in [1.807, 2.05) is 32.0 Å². The molecule has 5 heteroatoms. The van der Waals surface area contributed by atoms with Crippen LogP contribution in [-0.2, 0) is 4.79 Å². The number of primary amides is 1. The van der Waals surface area contributed by atoms with Crippen molar-refractivity contribution in [3.05, 3.63) is 29.3 Å². The number of hydrogen-bond acceptors (Lipinski definition) is 3. The maximum Gasteiger partial charge on any atom is 0.219 e. The van der Waals surface area contributed by atoms with Crippen LogP contribution in [0.3, 0.4) is 0 Å². The fraction of sp³-hybridized carbons (Fsp3) is 0.333. The van der Waals surface area contributed by atoms with Gasteiger partial charge in [0.15, 0.2) is 0 Å². The summed E-state index contributed by atoms with van der Waals surface area (Å²) in [4.78, 5) is 11.1. The summed E-state index contributed by atoms with van der Waals surface area (Å²) in [5, 5.41) is 3.20. The van der Waals surface area contributed by atoms with Gasteiger partial charge in [0.05, 0.1) is 0 Å². The minimum absolute atomic E-state index is 0.0533. The predicted octanol–water partition coefficient (Wildman–Crippen LogP) is 1.31. The van der Waals surface area contributed by atoms with Crippen LogP contribution in [0.15, 0.2) is 18.2 Å². The zero-order valence-corrected chi connectivity index (χ0v) is 10.8. The van der Waals surface area contributed by atoms with Crippen LogP contribution in [0, 0.1) is 6.92 Å². The lowest BCUT2D eigenvalue weighted by Gasteiger charge is -2.17. The number of hydrogen-bond donors (Lipinski definition) is 3. The predicted molar refractivity (Wildman–Crippen MR) is 74.0 cm³/mol. The summed E-state index contributed by atoms with van der Waals surface area (Å²) in [7, 11) is 0. The fourth-order valence-corrected chi connectivity index (χ4v) is 1.79. The number of amides is 1. The Morgan fingerprint density at radius 3 is 2.65 bits per heavy atom. The van der Waals surface area contributed by atoms with Gasteiger partial charge in [-0.2, -0.15) is 0 Å². The summed E-state index contributed by atoms with van der Waals surface area (Å²) in [6.45, 7) is 3.86. The van der Waals surface area contributed by atoms with Gasteiger partial charge in [-0.05, 0) is 31.5 Å². The quantitative estimate of drug-likeness (QED) is 0.689. The molecule has 0 radical (unpaired) electrons. The normalized spacial score (nSPS) is 11.9. The molecule has 1 aromatic rings. The number of nitrogens with two attached hydrogens (primary N) is 2. The maximum absolute atomic E-state index is 10.8. The number of carbonyl (C=O) groups excluding carboxylic acids is 1. The van der Waals surface area contributed by atoms with Crippen molar-refractivity contribution in [2.45, 2.75) is 26.3 Å². The van der Waals surface area contributed by atoms with Crippen molar-refractivity contribution in [2.75, 3.05) is 5.32 Å². The molecule has 0 saturated heterocycles. The molecular formula is C12H17N3OS. The summed E-state index contributed by atoms with van der Waals surface area (Å²) in [6.07, 6.45) is 0.269. The summed E-state index contributed by atoms with van der Waals surface area (Å²) in [5.41, 5.74) is 13.5. The standard InChI is InChI=1S/C12H17N3OS/c1-7-3-4-9(12(14)17)10(5-7)15-8(2)6-11(13)16/h3-5,8,15H,6H2,1-2H3,(H2,13,16)(H2,14,17). The molecule has 0 aromatic heterocycles. The van der Waals surface area contributed by atoms with Crippen LogP contribution in [0.1, 0.15) is 24.5 Å². The summed E-state index contributed by atoms with van der Waals surface area (Å²) in [6, 6.07) is 5.71. The number of anilines is 1. The topological polar surface area (TPSA) is 81.1 Å². The largest absolute Gasteiger partial charge is 0.389 e.